The molecule has 0 aliphatic carbocycles. The second-order valence-corrected chi connectivity index (χ2v) is 4.37. The molecule has 0 bridgehead atoms. The van der Waals surface area contributed by atoms with Crippen molar-refractivity contribution in [3.8, 4) is 5.75 Å². The number of anilines is 1. The van der Waals surface area contributed by atoms with Crippen LogP contribution in [0.1, 0.15) is 6.92 Å². The number of benzene rings is 1. The van der Waals surface area contributed by atoms with Crippen LogP contribution < -0.4 is 10.1 Å². The smallest absolute Gasteiger partial charge is 0.347 e. The monoisotopic (exact) mass is 271 g/mol. The van der Waals surface area contributed by atoms with Crippen molar-refractivity contribution in [3.63, 3.8) is 0 Å². The number of carbonyl (C=O) groups is 1. The summed E-state index contributed by atoms with van der Waals surface area (Å²) in [7, 11) is 0. The minimum Gasteiger partial charge on any atom is -0.478 e. The second-order valence-electron chi connectivity index (χ2n) is 3.45. The molecule has 1 aliphatic rings. The van der Waals surface area contributed by atoms with Gasteiger partial charge in [0.15, 0.2) is 0 Å². The molecule has 2 unspecified atom stereocenters. The summed E-state index contributed by atoms with van der Waals surface area (Å²) in [6, 6.07) is 5.25. The predicted molar refractivity (Wildman–Crippen MR) is 59.3 cm³/mol. The Kier molecular flexibility index (Phi) is 2.56. The summed E-state index contributed by atoms with van der Waals surface area (Å²) >= 11 is 3.31. The molecule has 1 heterocycles. The molecule has 15 heavy (non-hydrogen) atoms. The van der Waals surface area contributed by atoms with E-state index in [-0.39, 0.29) is 6.04 Å². The Balaban J connectivity index is 2.34. The molecule has 0 radical (unpaired) electrons. The van der Waals surface area contributed by atoms with Crippen molar-refractivity contribution in [3.05, 3.63) is 22.7 Å². The van der Waals surface area contributed by atoms with Crippen LogP contribution in [0.2, 0.25) is 0 Å². The number of hydrogen-bond donors (Lipinski definition) is 2. The number of halogens is 1. The fourth-order valence-corrected chi connectivity index (χ4v) is 1.88. The van der Waals surface area contributed by atoms with E-state index in [0.29, 0.717) is 5.75 Å². The highest BCUT2D eigenvalue weighted by Gasteiger charge is 2.31. The fourth-order valence-electron chi connectivity index (χ4n) is 1.54. The molecule has 0 amide bonds. The number of ether oxygens (including phenoxy) is 1. The van der Waals surface area contributed by atoms with Gasteiger partial charge < -0.3 is 15.2 Å². The highest BCUT2D eigenvalue weighted by atomic mass is 79.9. The number of rotatable bonds is 1. The van der Waals surface area contributed by atoms with Crippen LogP contribution in [0.5, 0.6) is 5.75 Å². The molecule has 1 aliphatic heterocycles. The van der Waals surface area contributed by atoms with E-state index in [4.69, 9.17) is 9.84 Å². The van der Waals surface area contributed by atoms with Crippen LogP contribution >= 0.6 is 15.9 Å². The molecule has 0 aromatic heterocycles. The van der Waals surface area contributed by atoms with E-state index in [9.17, 15) is 4.79 Å². The molecule has 0 saturated carbocycles. The lowest BCUT2D eigenvalue weighted by molar-refractivity contribution is -0.145. The maximum absolute atomic E-state index is 10.9. The standard InChI is InChI=1S/C10H10BrNO3/c1-5-9(10(13)14)15-8-4-6(11)2-3-7(8)12-5/h2-5,9,12H,1H3,(H,13,14). The molecule has 80 valence electrons. The van der Waals surface area contributed by atoms with Crippen LogP contribution in [0.4, 0.5) is 5.69 Å². The average Bonchev–Trinajstić information content (AvgIpc) is 2.17. The van der Waals surface area contributed by atoms with E-state index >= 15 is 0 Å². The molecule has 0 spiro atoms. The van der Waals surface area contributed by atoms with E-state index < -0.39 is 12.1 Å². The minimum absolute atomic E-state index is 0.240. The summed E-state index contributed by atoms with van der Waals surface area (Å²) in [5.74, 6) is -0.393. The maximum Gasteiger partial charge on any atom is 0.347 e. The van der Waals surface area contributed by atoms with Crippen molar-refractivity contribution in [2.45, 2.75) is 19.1 Å². The lowest BCUT2D eigenvalue weighted by Gasteiger charge is -2.30. The number of fused-ring (bicyclic) bond motifs is 1. The zero-order chi connectivity index (χ0) is 11.0. The van der Waals surface area contributed by atoms with E-state index in [1.165, 1.54) is 0 Å². The normalized spacial score (nSPS) is 23.6. The molecule has 0 fully saturated rings. The Bertz CT molecular complexity index is 408. The van der Waals surface area contributed by atoms with Crippen LogP contribution in [0, 0.1) is 0 Å². The average molecular weight is 272 g/mol. The highest BCUT2D eigenvalue weighted by molar-refractivity contribution is 9.10. The molecular formula is C10H10BrNO3. The first-order valence-corrected chi connectivity index (χ1v) is 5.33. The van der Waals surface area contributed by atoms with E-state index in [1.54, 1.807) is 13.0 Å². The first kappa shape index (κ1) is 10.3. The third kappa shape index (κ3) is 1.92. The molecule has 1 aromatic carbocycles. The first-order chi connectivity index (χ1) is 7.08. The van der Waals surface area contributed by atoms with Crippen LogP contribution in [-0.4, -0.2) is 23.2 Å². The lowest BCUT2D eigenvalue weighted by atomic mass is 10.1. The molecule has 2 atom stereocenters. The van der Waals surface area contributed by atoms with Gasteiger partial charge in [-0.1, -0.05) is 15.9 Å². The van der Waals surface area contributed by atoms with E-state index in [1.807, 2.05) is 12.1 Å². The summed E-state index contributed by atoms with van der Waals surface area (Å²) in [4.78, 5) is 10.9. The van der Waals surface area contributed by atoms with Crippen molar-refractivity contribution in [2.75, 3.05) is 5.32 Å². The molecule has 5 heteroatoms. The van der Waals surface area contributed by atoms with Gasteiger partial charge in [0.05, 0.1) is 11.7 Å². The molecule has 0 saturated heterocycles. The van der Waals surface area contributed by atoms with Gasteiger partial charge in [-0.2, -0.15) is 0 Å². The number of nitrogens with one attached hydrogen (secondary N) is 1. The zero-order valence-corrected chi connectivity index (χ0v) is 9.61. The summed E-state index contributed by atoms with van der Waals surface area (Å²) in [6.07, 6.45) is -0.841. The Labute approximate surface area is 95.4 Å². The zero-order valence-electron chi connectivity index (χ0n) is 8.03. The first-order valence-electron chi connectivity index (χ1n) is 4.53. The Morgan fingerprint density at radius 1 is 1.60 bits per heavy atom. The summed E-state index contributed by atoms with van der Waals surface area (Å²) in [5, 5.41) is 12.0. The fraction of sp³-hybridized carbons (Fsp3) is 0.300. The van der Waals surface area contributed by atoms with Gasteiger partial charge in [-0.3, -0.25) is 0 Å². The van der Waals surface area contributed by atoms with Gasteiger partial charge >= 0.3 is 5.97 Å². The predicted octanol–water partition coefficient (Wildman–Crippen LogP) is 2.10. The SMILES string of the molecule is CC1Nc2ccc(Br)cc2OC1C(=O)O. The third-order valence-corrected chi connectivity index (χ3v) is 2.77. The second kappa shape index (κ2) is 3.73. The van der Waals surface area contributed by atoms with Crippen molar-refractivity contribution in [1.29, 1.82) is 0 Å². The molecule has 1 aromatic rings. The molecule has 2 rings (SSSR count). The number of carboxylic acid groups (broad SMARTS) is 1. The Morgan fingerprint density at radius 2 is 2.33 bits per heavy atom. The van der Waals surface area contributed by atoms with Gasteiger partial charge in [0, 0.05) is 4.47 Å². The summed E-state index contributed by atoms with van der Waals surface area (Å²) in [6.45, 7) is 1.78. The van der Waals surface area contributed by atoms with Crippen LogP contribution in [0.15, 0.2) is 22.7 Å². The molecule has 4 nitrogen and oxygen atoms in total. The maximum atomic E-state index is 10.9. The quantitative estimate of drug-likeness (QED) is 0.821. The lowest BCUT2D eigenvalue weighted by Crippen LogP contribution is -2.44. The van der Waals surface area contributed by atoms with Gasteiger partial charge in [-0.25, -0.2) is 4.79 Å². The Morgan fingerprint density at radius 3 is 3.00 bits per heavy atom. The van der Waals surface area contributed by atoms with Crippen LogP contribution in [-0.2, 0) is 4.79 Å². The van der Waals surface area contributed by atoms with Crippen molar-refractivity contribution in [1.82, 2.24) is 0 Å². The Hall–Kier alpha value is -1.23. The molecular weight excluding hydrogens is 262 g/mol. The summed E-state index contributed by atoms with van der Waals surface area (Å²) < 4.78 is 6.26. The van der Waals surface area contributed by atoms with Crippen molar-refractivity contribution < 1.29 is 14.6 Å². The van der Waals surface area contributed by atoms with Crippen molar-refractivity contribution >= 4 is 27.6 Å². The van der Waals surface area contributed by atoms with Crippen LogP contribution in [0.25, 0.3) is 0 Å². The van der Waals surface area contributed by atoms with Gasteiger partial charge in [-0.15, -0.1) is 0 Å². The largest absolute Gasteiger partial charge is 0.478 e. The minimum atomic E-state index is -0.958. The third-order valence-electron chi connectivity index (χ3n) is 2.28. The van der Waals surface area contributed by atoms with Gasteiger partial charge in [0.1, 0.15) is 5.75 Å². The van der Waals surface area contributed by atoms with Crippen molar-refractivity contribution in [2.24, 2.45) is 0 Å². The molecule has 2 N–H and O–H groups in total. The number of aliphatic carboxylic acids is 1. The highest BCUT2D eigenvalue weighted by Crippen LogP contribution is 2.33. The number of carboxylic acids is 1. The topological polar surface area (TPSA) is 58.6 Å². The van der Waals surface area contributed by atoms with E-state index in [2.05, 4.69) is 21.2 Å². The van der Waals surface area contributed by atoms with Gasteiger partial charge in [0.25, 0.3) is 0 Å². The van der Waals surface area contributed by atoms with Gasteiger partial charge in [-0.05, 0) is 25.1 Å². The number of hydrogen-bond acceptors (Lipinski definition) is 3. The van der Waals surface area contributed by atoms with E-state index in [0.717, 1.165) is 10.2 Å². The van der Waals surface area contributed by atoms with Gasteiger partial charge in [0.2, 0.25) is 6.10 Å². The van der Waals surface area contributed by atoms with Crippen LogP contribution in [0.3, 0.4) is 0 Å². The summed E-state index contributed by atoms with van der Waals surface area (Å²) in [5.41, 5.74) is 0.822.